The van der Waals surface area contributed by atoms with Crippen LogP contribution < -0.4 is 5.32 Å². The fraction of sp³-hybridized carbons (Fsp3) is 0.429. The summed E-state index contributed by atoms with van der Waals surface area (Å²) < 4.78 is 5.35. The van der Waals surface area contributed by atoms with E-state index < -0.39 is 0 Å². The first-order chi connectivity index (χ1) is 9.33. The Morgan fingerprint density at radius 2 is 2.15 bits per heavy atom. The maximum absolute atomic E-state index is 5.35. The number of hydrogen-bond donors (Lipinski definition) is 1. The summed E-state index contributed by atoms with van der Waals surface area (Å²) in [6, 6.07) is 10.4. The average molecular weight is 295 g/mol. The summed E-state index contributed by atoms with van der Waals surface area (Å²) in [6.45, 7) is 5.98. The molecule has 1 unspecified atom stereocenters. The number of halogens is 1. The van der Waals surface area contributed by atoms with Gasteiger partial charge in [0.25, 0.3) is 0 Å². The molecule has 3 rings (SSSR count). The van der Waals surface area contributed by atoms with Crippen LogP contribution in [0.2, 0.25) is 0 Å². The molecule has 1 N–H and O–H groups in total. The van der Waals surface area contributed by atoms with Gasteiger partial charge in [0.05, 0.1) is 6.54 Å². The summed E-state index contributed by atoms with van der Waals surface area (Å²) in [7, 11) is 0. The highest BCUT2D eigenvalue weighted by atomic mass is 35.5. The van der Waals surface area contributed by atoms with E-state index in [9.17, 15) is 0 Å². The van der Waals surface area contributed by atoms with Gasteiger partial charge in [0, 0.05) is 31.2 Å². The van der Waals surface area contributed by atoms with Crippen LogP contribution in [0, 0.1) is 0 Å². The molecule has 0 amide bonds. The van der Waals surface area contributed by atoms with Crippen molar-refractivity contribution in [1.82, 2.24) is 20.4 Å². The number of hydrogen-bond acceptors (Lipinski definition) is 5. The molecule has 1 aromatic heterocycles. The minimum Gasteiger partial charge on any atom is -0.338 e. The van der Waals surface area contributed by atoms with Gasteiger partial charge in [-0.1, -0.05) is 35.5 Å². The molecule has 20 heavy (non-hydrogen) atoms. The van der Waals surface area contributed by atoms with Crippen LogP contribution >= 0.6 is 12.4 Å². The predicted octanol–water partition coefficient (Wildman–Crippen LogP) is 1.95. The lowest BCUT2D eigenvalue weighted by atomic mass is 10.2. The molecule has 0 aliphatic carbocycles. The minimum absolute atomic E-state index is 0. The number of nitrogens with zero attached hydrogens (tertiary/aromatic N) is 3. The Morgan fingerprint density at radius 1 is 1.35 bits per heavy atom. The zero-order valence-electron chi connectivity index (χ0n) is 11.5. The molecule has 0 bridgehead atoms. The Morgan fingerprint density at radius 3 is 2.90 bits per heavy atom. The molecular formula is C14H19ClN4O. The summed E-state index contributed by atoms with van der Waals surface area (Å²) >= 11 is 0. The second-order valence-corrected chi connectivity index (χ2v) is 4.90. The van der Waals surface area contributed by atoms with Crippen LogP contribution in [0.1, 0.15) is 12.8 Å². The van der Waals surface area contributed by atoms with Gasteiger partial charge in [-0.3, -0.25) is 4.90 Å². The van der Waals surface area contributed by atoms with Crippen LogP contribution in [0.4, 0.5) is 0 Å². The molecule has 0 saturated carbocycles. The van der Waals surface area contributed by atoms with Crippen molar-refractivity contribution in [2.24, 2.45) is 0 Å². The van der Waals surface area contributed by atoms with Crippen LogP contribution in [-0.2, 0) is 6.54 Å². The van der Waals surface area contributed by atoms with Gasteiger partial charge in [-0.2, -0.15) is 4.98 Å². The molecule has 2 aromatic rings. The van der Waals surface area contributed by atoms with E-state index in [-0.39, 0.29) is 12.4 Å². The predicted molar refractivity (Wildman–Crippen MR) is 79.7 cm³/mol. The summed E-state index contributed by atoms with van der Waals surface area (Å²) in [4.78, 5) is 6.83. The molecule has 1 aliphatic rings. The Labute approximate surface area is 124 Å². The number of piperazine rings is 1. The smallest absolute Gasteiger partial charge is 0.241 e. The standard InChI is InChI=1S/C14H18N4O.ClH/c1-11-9-15-7-8-18(11)10-13-16-14(17-19-13)12-5-3-2-4-6-12;/h2-6,11,15H,7-10H2,1H3;1H. The zero-order valence-corrected chi connectivity index (χ0v) is 12.3. The molecule has 1 fully saturated rings. The van der Waals surface area contributed by atoms with Crippen molar-refractivity contribution in [3.05, 3.63) is 36.2 Å². The molecule has 0 spiro atoms. The van der Waals surface area contributed by atoms with Crippen LogP contribution in [0.3, 0.4) is 0 Å². The van der Waals surface area contributed by atoms with Gasteiger partial charge < -0.3 is 9.84 Å². The van der Waals surface area contributed by atoms with Crippen molar-refractivity contribution in [3.8, 4) is 11.4 Å². The monoisotopic (exact) mass is 294 g/mol. The number of rotatable bonds is 3. The van der Waals surface area contributed by atoms with Gasteiger partial charge in [-0.25, -0.2) is 0 Å². The van der Waals surface area contributed by atoms with Crippen molar-refractivity contribution in [1.29, 1.82) is 0 Å². The molecule has 1 saturated heterocycles. The molecule has 108 valence electrons. The van der Waals surface area contributed by atoms with E-state index >= 15 is 0 Å². The Bertz CT molecular complexity index is 531. The zero-order chi connectivity index (χ0) is 13.1. The van der Waals surface area contributed by atoms with E-state index in [0.29, 0.717) is 17.8 Å². The van der Waals surface area contributed by atoms with E-state index in [1.54, 1.807) is 0 Å². The van der Waals surface area contributed by atoms with Crippen molar-refractivity contribution >= 4 is 12.4 Å². The van der Waals surface area contributed by atoms with E-state index in [1.807, 2.05) is 30.3 Å². The van der Waals surface area contributed by atoms with E-state index in [2.05, 4.69) is 27.3 Å². The number of benzene rings is 1. The van der Waals surface area contributed by atoms with Crippen molar-refractivity contribution in [2.75, 3.05) is 19.6 Å². The molecule has 1 aromatic carbocycles. The van der Waals surface area contributed by atoms with Crippen LogP contribution in [-0.4, -0.2) is 40.7 Å². The third kappa shape index (κ3) is 3.36. The summed E-state index contributed by atoms with van der Waals surface area (Å²) in [6.07, 6.45) is 0. The highest BCUT2D eigenvalue weighted by Crippen LogP contribution is 2.16. The fourth-order valence-electron chi connectivity index (χ4n) is 2.32. The topological polar surface area (TPSA) is 54.2 Å². The van der Waals surface area contributed by atoms with E-state index in [4.69, 9.17) is 4.52 Å². The lowest BCUT2D eigenvalue weighted by Gasteiger charge is -2.32. The average Bonchev–Trinajstić information content (AvgIpc) is 2.91. The SMILES string of the molecule is CC1CNCCN1Cc1nc(-c2ccccc2)no1.Cl. The minimum atomic E-state index is 0. The fourth-order valence-corrected chi connectivity index (χ4v) is 2.32. The van der Waals surface area contributed by atoms with Crippen molar-refractivity contribution in [3.63, 3.8) is 0 Å². The Balaban J connectivity index is 0.00000147. The van der Waals surface area contributed by atoms with Gasteiger partial charge >= 0.3 is 0 Å². The first-order valence-corrected chi connectivity index (χ1v) is 6.66. The summed E-state index contributed by atoms with van der Waals surface area (Å²) in [5, 5.41) is 7.42. The first-order valence-electron chi connectivity index (χ1n) is 6.66. The van der Waals surface area contributed by atoms with Crippen LogP contribution in [0.15, 0.2) is 34.9 Å². The molecule has 0 radical (unpaired) electrons. The third-order valence-corrected chi connectivity index (χ3v) is 3.48. The lowest BCUT2D eigenvalue weighted by Crippen LogP contribution is -2.49. The lowest BCUT2D eigenvalue weighted by molar-refractivity contribution is 0.146. The van der Waals surface area contributed by atoms with Gasteiger partial charge in [0.15, 0.2) is 0 Å². The maximum Gasteiger partial charge on any atom is 0.241 e. The molecule has 2 heterocycles. The van der Waals surface area contributed by atoms with Crippen LogP contribution in [0.25, 0.3) is 11.4 Å². The molecule has 6 heteroatoms. The third-order valence-electron chi connectivity index (χ3n) is 3.48. The summed E-state index contributed by atoms with van der Waals surface area (Å²) in [5.74, 6) is 1.35. The highest BCUT2D eigenvalue weighted by Gasteiger charge is 2.20. The largest absolute Gasteiger partial charge is 0.338 e. The second kappa shape index (κ2) is 6.83. The Kier molecular flexibility index (Phi) is 5.11. The van der Waals surface area contributed by atoms with Gasteiger partial charge in [0.1, 0.15) is 0 Å². The van der Waals surface area contributed by atoms with Gasteiger partial charge in [0.2, 0.25) is 11.7 Å². The van der Waals surface area contributed by atoms with E-state index in [0.717, 1.165) is 31.7 Å². The maximum atomic E-state index is 5.35. The second-order valence-electron chi connectivity index (χ2n) is 4.90. The van der Waals surface area contributed by atoms with Crippen molar-refractivity contribution in [2.45, 2.75) is 19.5 Å². The Hall–Kier alpha value is -1.43. The van der Waals surface area contributed by atoms with Crippen molar-refractivity contribution < 1.29 is 4.52 Å². The molecule has 1 atom stereocenters. The molecule has 5 nitrogen and oxygen atoms in total. The van der Waals surface area contributed by atoms with Crippen LogP contribution in [0.5, 0.6) is 0 Å². The molecular weight excluding hydrogens is 276 g/mol. The molecule has 1 aliphatic heterocycles. The highest BCUT2D eigenvalue weighted by molar-refractivity contribution is 5.85. The number of aromatic nitrogens is 2. The van der Waals surface area contributed by atoms with E-state index in [1.165, 1.54) is 0 Å². The summed E-state index contributed by atoms with van der Waals surface area (Å²) in [5.41, 5.74) is 0.992. The van der Waals surface area contributed by atoms with Gasteiger partial charge in [-0.15, -0.1) is 12.4 Å². The van der Waals surface area contributed by atoms with Gasteiger partial charge in [-0.05, 0) is 6.92 Å². The number of nitrogens with one attached hydrogen (secondary N) is 1. The first kappa shape index (κ1) is 15.0. The normalized spacial score (nSPS) is 19.6. The quantitative estimate of drug-likeness (QED) is 0.938.